The number of nitrogens with zero attached hydrogens (tertiary/aromatic N) is 3. The van der Waals surface area contributed by atoms with Crippen LogP contribution in [-0.4, -0.2) is 36.4 Å². The zero-order valence-corrected chi connectivity index (χ0v) is 13.6. The van der Waals surface area contributed by atoms with Gasteiger partial charge in [0.25, 0.3) is 0 Å². The van der Waals surface area contributed by atoms with Crippen molar-refractivity contribution in [3.05, 3.63) is 11.8 Å². The normalized spacial score (nSPS) is 20.2. The van der Waals surface area contributed by atoms with E-state index in [0.29, 0.717) is 11.8 Å². The molecule has 2 aliphatic heterocycles. The van der Waals surface area contributed by atoms with Crippen LogP contribution in [-0.2, 0) is 4.79 Å². The van der Waals surface area contributed by atoms with Gasteiger partial charge in [-0.25, -0.2) is 0 Å². The summed E-state index contributed by atoms with van der Waals surface area (Å²) in [5, 5.41) is 7.77. The number of hydrogen-bond donors (Lipinski definition) is 0. The van der Waals surface area contributed by atoms with Crippen LogP contribution in [0, 0.1) is 5.92 Å². The number of piperidine rings is 1. The predicted octanol–water partition coefficient (Wildman–Crippen LogP) is 3.98. The van der Waals surface area contributed by atoms with Gasteiger partial charge < -0.3 is 4.90 Å². The van der Waals surface area contributed by atoms with Crippen LogP contribution in [0.3, 0.4) is 0 Å². The van der Waals surface area contributed by atoms with E-state index in [0.717, 1.165) is 44.6 Å². The smallest absolute Gasteiger partial charge is 0.132 e. The van der Waals surface area contributed by atoms with Crippen LogP contribution in [0.25, 0.3) is 0 Å². The number of azo groups is 1. The molecule has 0 N–H and O–H groups in total. The van der Waals surface area contributed by atoms with Crippen molar-refractivity contribution in [3.8, 4) is 0 Å². The zero-order valence-electron chi connectivity index (χ0n) is 13.6. The molecule has 0 aromatic rings. The minimum Gasteiger partial charge on any atom is -0.301 e. The van der Waals surface area contributed by atoms with E-state index < -0.39 is 0 Å². The van der Waals surface area contributed by atoms with Crippen molar-refractivity contribution < 1.29 is 4.79 Å². The number of ketones is 1. The fourth-order valence-corrected chi connectivity index (χ4v) is 3.20. The van der Waals surface area contributed by atoms with Crippen molar-refractivity contribution in [2.24, 2.45) is 16.1 Å². The average Bonchev–Trinajstić information content (AvgIpc) is 2.99. The molecule has 0 unspecified atom stereocenters. The van der Waals surface area contributed by atoms with Crippen molar-refractivity contribution in [2.75, 3.05) is 19.6 Å². The fraction of sp³-hybridized carbons (Fsp3) is 0.824. The Balaban J connectivity index is 1.53. The molecule has 2 aliphatic rings. The second-order valence-electron chi connectivity index (χ2n) is 6.71. The van der Waals surface area contributed by atoms with Crippen LogP contribution in [0.2, 0.25) is 0 Å². The summed E-state index contributed by atoms with van der Waals surface area (Å²) in [6.45, 7) is 7.69. The molecule has 0 aromatic heterocycles. The van der Waals surface area contributed by atoms with Crippen LogP contribution >= 0.6 is 0 Å². The summed E-state index contributed by atoms with van der Waals surface area (Å²) < 4.78 is 0. The summed E-state index contributed by atoms with van der Waals surface area (Å²) >= 11 is 0. The summed E-state index contributed by atoms with van der Waals surface area (Å²) in [6.07, 6.45) is 8.91. The molecule has 2 heterocycles. The largest absolute Gasteiger partial charge is 0.301 e. The van der Waals surface area contributed by atoms with Crippen LogP contribution < -0.4 is 0 Å². The van der Waals surface area contributed by atoms with Crippen molar-refractivity contribution in [3.63, 3.8) is 0 Å². The van der Waals surface area contributed by atoms with E-state index in [1.54, 1.807) is 0 Å². The third kappa shape index (κ3) is 5.70. The number of hydrogen-bond acceptors (Lipinski definition) is 4. The molecular weight excluding hydrogens is 262 g/mol. The van der Waals surface area contributed by atoms with Gasteiger partial charge in [0.05, 0.1) is 12.7 Å². The Morgan fingerprint density at radius 3 is 2.71 bits per heavy atom. The maximum atomic E-state index is 12.0. The minimum absolute atomic E-state index is 0.439. The predicted molar refractivity (Wildman–Crippen MR) is 85.3 cm³/mol. The van der Waals surface area contributed by atoms with Crippen LogP contribution in [0.15, 0.2) is 22.0 Å². The monoisotopic (exact) mass is 291 g/mol. The topological polar surface area (TPSA) is 45.0 Å². The Bertz CT molecular complexity index is 393. The van der Waals surface area contributed by atoms with E-state index in [4.69, 9.17) is 0 Å². The number of carbonyl (C=O) groups excluding carboxylic acids is 1. The quantitative estimate of drug-likeness (QED) is 0.679. The molecule has 0 aromatic carbocycles. The van der Waals surface area contributed by atoms with Gasteiger partial charge in [0.1, 0.15) is 5.78 Å². The van der Waals surface area contributed by atoms with Crippen molar-refractivity contribution >= 4 is 5.78 Å². The maximum Gasteiger partial charge on any atom is 0.132 e. The molecule has 0 bridgehead atoms. The van der Waals surface area contributed by atoms with Crippen molar-refractivity contribution in [1.29, 1.82) is 0 Å². The summed E-state index contributed by atoms with van der Waals surface area (Å²) in [4.78, 5) is 14.5. The van der Waals surface area contributed by atoms with Crippen LogP contribution in [0.1, 0.15) is 58.8 Å². The van der Waals surface area contributed by atoms with E-state index in [9.17, 15) is 4.79 Å². The zero-order chi connectivity index (χ0) is 15.1. The number of carbonyl (C=O) groups is 1. The Kier molecular flexibility index (Phi) is 6.55. The SMILES string of the molecule is CC(C)N1CCC(CCC(=O)CCCC2=CN=NC2)CC1. The Hall–Kier alpha value is -1.03. The fourth-order valence-electron chi connectivity index (χ4n) is 3.20. The van der Waals surface area contributed by atoms with Gasteiger partial charge >= 0.3 is 0 Å². The first kappa shape index (κ1) is 16.3. The second kappa shape index (κ2) is 8.42. The van der Waals surface area contributed by atoms with Gasteiger partial charge in [-0.2, -0.15) is 10.2 Å². The van der Waals surface area contributed by atoms with Gasteiger partial charge in [-0.15, -0.1) is 0 Å². The first-order chi connectivity index (χ1) is 10.1. The molecule has 0 amide bonds. The Labute approximate surface area is 128 Å². The Morgan fingerprint density at radius 1 is 1.33 bits per heavy atom. The first-order valence-corrected chi connectivity index (χ1v) is 8.45. The second-order valence-corrected chi connectivity index (χ2v) is 6.71. The van der Waals surface area contributed by atoms with Gasteiger partial charge in [0, 0.05) is 18.9 Å². The summed E-state index contributed by atoms with van der Waals surface area (Å²) in [5.74, 6) is 1.20. The highest BCUT2D eigenvalue weighted by Gasteiger charge is 2.21. The molecule has 0 spiro atoms. The third-order valence-corrected chi connectivity index (χ3v) is 4.76. The standard InChI is InChI=1S/C17H29N3O/c1-14(2)20-10-8-15(9-11-20)6-7-17(21)5-3-4-16-12-18-19-13-16/h12,14-15H,3-11,13H2,1-2H3. The van der Waals surface area contributed by atoms with Crippen molar-refractivity contribution in [1.82, 2.24) is 4.90 Å². The molecule has 1 fully saturated rings. The highest BCUT2D eigenvalue weighted by atomic mass is 16.1. The van der Waals surface area contributed by atoms with E-state index in [-0.39, 0.29) is 0 Å². The van der Waals surface area contributed by atoms with Gasteiger partial charge in [-0.05, 0) is 70.5 Å². The molecule has 4 heteroatoms. The molecule has 0 saturated carbocycles. The molecule has 118 valence electrons. The first-order valence-electron chi connectivity index (χ1n) is 8.45. The molecule has 21 heavy (non-hydrogen) atoms. The highest BCUT2D eigenvalue weighted by Crippen LogP contribution is 2.23. The van der Waals surface area contributed by atoms with E-state index in [2.05, 4.69) is 29.0 Å². The Morgan fingerprint density at radius 2 is 2.10 bits per heavy atom. The molecule has 2 rings (SSSR count). The lowest BCUT2D eigenvalue weighted by atomic mass is 9.90. The lowest BCUT2D eigenvalue weighted by molar-refractivity contribution is -0.119. The van der Waals surface area contributed by atoms with E-state index in [1.165, 1.54) is 31.5 Å². The molecular formula is C17H29N3O. The number of rotatable bonds is 8. The third-order valence-electron chi connectivity index (χ3n) is 4.76. The van der Waals surface area contributed by atoms with Gasteiger partial charge in [0.15, 0.2) is 0 Å². The number of Topliss-reactive ketones (excluding diaryl/α,β-unsaturated/α-hetero) is 1. The molecule has 4 nitrogen and oxygen atoms in total. The average molecular weight is 291 g/mol. The highest BCUT2D eigenvalue weighted by molar-refractivity contribution is 5.78. The van der Waals surface area contributed by atoms with Gasteiger partial charge in [0.2, 0.25) is 0 Å². The van der Waals surface area contributed by atoms with Crippen LogP contribution in [0.5, 0.6) is 0 Å². The molecule has 0 radical (unpaired) electrons. The molecule has 0 atom stereocenters. The number of likely N-dealkylation sites (tertiary alicyclic amines) is 1. The van der Waals surface area contributed by atoms with Gasteiger partial charge in [-0.1, -0.05) is 0 Å². The molecule has 0 aliphatic carbocycles. The lowest BCUT2D eigenvalue weighted by Gasteiger charge is -2.34. The summed E-state index contributed by atoms with van der Waals surface area (Å²) in [5.41, 5.74) is 1.27. The maximum absolute atomic E-state index is 12.0. The summed E-state index contributed by atoms with van der Waals surface area (Å²) in [6, 6.07) is 0.663. The van der Waals surface area contributed by atoms with E-state index >= 15 is 0 Å². The molecule has 1 saturated heterocycles. The van der Waals surface area contributed by atoms with Gasteiger partial charge in [-0.3, -0.25) is 4.79 Å². The van der Waals surface area contributed by atoms with Crippen molar-refractivity contribution in [2.45, 2.75) is 64.8 Å². The van der Waals surface area contributed by atoms with Crippen LogP contribution in [0.4, 0.5) is 0 Å². The minimum atomic E-state index is 0.439. The van der Waals surface area contributed by atoms with E-state index in [1.807, 2.05) is 6.20 Å². The lowest BCUT2D eigenvalue weighted by Crippen LogP contribution is -2.38. The summed E-state index contributed by atoms with van der Waals surface area (Å²) in [7, 11) is 0.